The summed E-state index contributed by atoms with van der Waals surface area (Å²) in [5, 5.41) is 4.15. The zero-order valence-electron chi connectivity index (χ0n) is 9.26. The Morgan fingerprint density at radius 3 is 2.62 bits per heavy atom. The van der Waals surface area contributed by atoms with Crippen LogP contribution in [0.15, 0.2) is 42.7 Å². The predicted octanol–water partition coefficient (Wildman–Crippen LogP) is 2.39. The van der Waals surface area contributed by atoms with Gasteiger partial charge in [0, 0.05) is 18.8 Å². The van der Waals surface area contributed by atoms with Gasteiger partial charge in [-0.1, -0.05) is 12.1 Å². The molecule has 0 atom stereocenters. The Labute approximate surface area is 94.7 Å². The molecule has 0 N–H and O–H groups in total. The summed E-state index contributed by atoms with van der Waals surface area (Å²) in [6.45, 7) is 1.62. The zero-order chi connectivity index (χ0) is 11.4. The molecular weight excluding hydrogens is 200 g/mol. The molecule has 1 aromatic carbocycles. The Bertz CT molecular complexity index is 457. The second-order valence-electron chi connectivity index (χ2n) is 3.82. The van der Waals surface area contributed by atoms with E-state index in [1.807, 2.05) is 41.2 Å². The number of hydrogen-bond donors (Lipinski definition) is 0. The number of carbonyl (C=O) groups excluding carboxylic acids is 1. The fourth-order valence-corrected chi connectivity index (χ4v) is 1.56. The van der Waals surface area contributed by atoms with E-state index in [0.717, 1.165) is 12.1 Å². The highest BCUT2D eigenvalue weighted by Gasteiger charge is 1.98. The van der Waals surface area contributed by atoms with Gasteiger partial charge in [-0.15, -0.1) is 0 Å². The number of aryl methyl sites for hydroxylation is 1. The Balaban J connectivity index is 2.08. The third-order valence-electron chi connectivity index (χ3n) is 2.47. The number of carbonyl (C=O) groups is 1. The summed E-state index contributed by atoms with van der Waals surface area (Å²) < 4.78 is 1.81. The molecule has 3 heteroatoms. The van der Waals surface area contributed by atoms with Crippen LogP contribution in [-0.2, 0) is 11.2 Å². The van der Waals surface area contributed by atoms with Crippen molar-refractivity contribution in [2.45, 2.75) is 19.8 Å². The molecule has 1 heterocycles. The van der Waals surface area contributed by atoms with Gasteiger partial charge in [0.15, 0.2) is 0 Å². The smallest absolute Gasteiger partial charge is 0.130 e. The Morgan fingerprint density at radius 2 is 2.06 bits per heavy atom. The van der Waals surface area contributed by atoms with Crippen LogP contribution in [0.3, 0.4) is 0 Å². The summed E-state index contributed by atoms with van der Waals surface area (Å²) in [6, 6.07) is 10.0. The lowest BCUT2D eigenvalue weighted by Crippen LogP contribution is -1.96. The topological polar surface area (TPSA) is 34.9 Å². The van der Waals surface area contributed by atoms with E-state index < -0.39 is 0 Å². The van der Waals surface area contributed by atoms with Gasteiger partial charge in [-0.2, -0.15) is 5.10 Å². The second-order valence-corrected chi connectivity index (χ2v) is 3.82. The molecular formula is C13H14N2O. The minimum absolute atomic E-state index is 0.233. The summed E-state index contributed by atoms with van der Waals surface area (Å²) in [4.78, 5) is 10.9. The number of benzene rings is 1. The van der Waals surface area contributed by atoms with E-state index in [1.54, 1.807) is 13.1 Å². The van der Waals surface area contributed by atoms with Crippen molar-refractivity contribution in [2.75, 3.05) is 0 Å². The van der Waals surface area contributed by atoms with Crippen LogP contribution < -0.4 is 0 Å². The van der Waals surface area contributed by atoms with Crippen molar-refractivity contribution in [3.63, 3.8) is 0 Å². The molecule has 0 unspecified atom stereocenters. The molecule has 0 aliphatic heterocycles. The zero-order valence-corrected chi connectivity index (χ0v) is 9.26. The molecule has 0 bridgehead atoms. The summed E-state index contributed by atoms with van der Waals surface area (Å²) in [6.07, 6.45) is 5.09. The van der Waals surface area contributed by atoms with Crippen LogP contribution in [0, 0.1) is 0 Å². The van der Waals surface area contributed by atoms with Crippen molar-refractivity contribution in [1.29, 1.82) is 0 Å². The first-order chi connectivity index (χ1) is 7.75. The van der Waals surface area contributed by atoms with Crippen LogP contribution in [0.4, 0.5) is 0 Å². The third-order valence-corrected chi connectivity index (χ3v) is 2.47. The van der Waals surface area contributed by atoms with Gasteiger partial charge in [0.1, 0.15) is 5.78 Å². The fourth-order valence-electron chi connectivity index (χ4n) is 1.56. The average molecular weight is 214 g/mol. The van der Waals surface area contributed by atoms with Crippen molar-refractivity contribution < 1.29 is 4.79 Å². The summed E-state index contributed by atoms with van der Waals surface area (Å²) in [5.74, 6) is 0.233. The van der Waals surface area contributed by atoms with E-state index in [4.69, 9.17) is 0 Å². The molecule has 82 valence electrons. The molecule has 1 aromatic heterocycles. The molecule has 2 rings (SSSR count). The normalized spacial score (nSPS) is 10.3. The average Bonchev–Trinajstić information content (AvgIpc) is 2.80. The number of Topliss-reactive ketones (excluding diaryl/α,β-unsaturated/α-hetero) is 1. The van der Waals surface area contributed by atoms with Gasteiger partial charge in [-0.05, 0) is 37.1 Å². The third kappa shape index (κ3) is 2.57. The first-order valence-corrected chi connectivity index (χ1v) is 5.34. The molecule has 0 aliphatic rings. The molecule has 0 fully saturated rings. The van der Waals surface area contributed by atoms with Crippen molar-refractivity contribution in [3.8, 4) is 5.69 Å². The van der Waals surface area contributed by atoms with Gasteiger partial charge in [0.25, 0.3) is 0 Å². The molecule has 0 spiro atoms. The number of hydrogen-bond acceptors (Lipinski definition) is 2. The maximum atomic E-state index is 10.9. The lowest BCUT2D eigenvalue weighted by Gasteiger charge is -2.03. The lowest BCUT2D eigenvalue weighted by molar-refractivity contribution is -0.116. The highest BCUT2D eigenvalue weighted by atomic mass is 16.1. The van der Waals surface area contributed by atoms with Crippen LogP contribution in [0.2, 0.25) is 0 Å². The minimum Gasteiger partial charge on any atom is -0.300 e. The summed E-state index contributed by atoms with van der Waals surface area (Å²) in [5.41, 5.74) is 2.22. The molecule has 16 heavy (non-hydrogen) atoms. The number of ketones is 1. The largest absolute Gasteiger partial charge is 0.300 e. The Kier molecular flexibility index (Phi) is 3.15. The second kappa shape index (κ2) is 4.75. The molecule has 0 aliphatic carbocycles. The maximum absolute atomic E-state index is 10.9. The quantitative estimate of drug-likeness (QED) is 0.783. The van der Waals surface area contributed by atoms with E-state index >= 15 is 0 Å². The molecule has 0 saturated heterocycles. The van der Waals surface area contributed by atoms with Crippen LogP contribution in [0.5, 0.6) is 0 Å². The van der Waals surface area contributed by atoms with Gasteiger partial charge >= 0.3 is 0 Å². The summed E-state index contributed by atoms with van der Waals surface area (Å²) in [7, 11) is 0. The molecule has 0 amide bonds. The first-order valence-electron chi connectivity index (χ1n) is 5.34. The van der Waals surface area contributed by atoms with Crippen LogP contribution in [0.25, 0.3) is 5.69 Å². The van der Waals surface area contributed by atoms with E-state index in [2.05, 4.69) is 5.10 Å². The van der Waals surface area contributed by atoms with Crippen LogP contribution in [0.1, 0.15) is 18.9 Å². The predicted molar refractivity (Wildman–Crippen MR) is 62.6 cm³/mol. The minimum atomic E-state index is 0.233. The van der Waals surface area contributed by atoms with Crippen molar-refractivity contribution >= 4 is 5.78 Å². The molecule has 0 saturated carbocycles. The Morgan fingerprint density at radius 1 is 1.31 bits per heavy atom. The van der Waals surface area contributed by atoms with Crippen LogP contribution >= 0.6 is 0 Å². The maximum Gasteiger partial charge on any atom is 0.130 e. The molecule has 2 aromatic rings. The van der Waals surface area contributed by atoms with E-state index in [-0.39, 0.29) is 5.78 Å². The fraction of sp³-hybridized carbons (Fsp3) is 0.231. The van der Waals surface area contributed by atoms with Gasteiger partial charge < -0.3 is 4.79 Å². The van der Waals surface area contributed by atoms with Crippen molar-refractivity contribution in [1.82, 2.24) is 9.78 Å². The highest BCUT2D eigenvalue weighted by Crippen LogP contribution is 2.10. The number of aromatic nitrogens is 2. The van der Waals surface area contributed by atoms with E-state index in [0.29, 0.717) is 6.42 Å². The molecule has 3 nitrogen and oxygen atoms in total. The van der Waals surface area contributed by atoms with Gasteiger partial charge in [-0.25, -0.2) is 4.68 Å². The van der Waals surface area contributed by atoms with Crippen molar-refractivity contribution in [2.24, 2.45) is 0 Å². The Hall–Kier alpha value is -1.90. The van der Waals surface area contributed by atoms with Gasteiger partial charge in [-0.3, -0.25) is 0 Å². The van der Waals surface area contributed by atoms with Gasteiger partial charge in [0.2, 0.25) is 0 Å². The van der Waals surface area contributed by atoms with Crippen LogP contribution in [-0.4, -0.2) is 15.6 Å². The number of nitrogens with zero attached hydrogens (tertiary/aromatic N) is 2. The van der Waals surface area contributed by atoms with E-state index in [1.165, 1.54) is 5.56 Å². The number of rotatable bonds is 4. The van der Waals surface area contributed by atoms with Crippen molar-refractivity contribution in [3.05, 3.63) is 48.3 Å². The highest BCUT2D eigenvalue weighted by molar-refractivity contribution is 5.75. The SMILES string of the molecule is CC(=O)CCc1ccc(-n2cccn2)cc1. The standard InChI is InChI=1S/C13H14N2O/c1-11(16)3-4-12-5-7-13(8-6-12)15-10-2-9-14-15/h2,5-10H,3-4H2,1H3. The van der Waals surface area contributed by atoms with E-state index in [9.17, 15) is 4.79 Å². The molecule has 0 radical (unpaired) electrons. The monoisotopic (exact) mass is 214 g/mol. The van der Waals surface area contributed by atoms with Gasteiger partial charge in [0.05, 0.1) is 5.69 Å². The lowest BCUT2D eigenvalue weighted by atomic mass is 10.1. The first kappa shape index (κ1) is 10.6. The summed E-state index contributed by atoms with van der Waals surface area (Å²) >= 11 is 0.